The largest absolute Gasteiger partial charge is 0.412 e. The van der Waals surface area contributed by atoms with Crippen LogP contribution in [-0.4, -0.2) is 5.48 Å². The van der Waals surface area contributed by atoms with Crippen LogP contribution in [0.4, 0.5) is 0 Å². The smallest absolute Gasteiger partial charge is 0 e. The van der Waals surface area contributed by atoms with Crippen molar-refractivity contribution in [2.75, 3.05) is 0 Å². The van der Waals surface area contributed by atoms with Crippen LogP contribution in [0.3, 0.4) is 0 Å². The van der Waals surface area contributed by atoms with Crippen molar-refractivity contribution < 1.29 is 109 Å². The summed E-state index contributed by atoms with van der Waals surface area (Å²) in [5, 5.41) is 0. The van der Waals surface area contributed by atoms with E-state index in [0.29, 0.717) is 0 Å². The van der Waals surface area contributed by atoms with Gasteiger partial charge in [0, 0.05) is 104 Å². The number of hydrogen-bond acceptors (Lipinski definition) is 0. The minimum Gasteiger partial charge on any atom is -0.412 e. The molecule has 0 aliphatic heterocycles. The monoisotopic (exact) mass is 387 g/mol. The molecular formula is H2CeLaOZr. The van der Waals surface area contributed by atoms with Crippen LogP contribution < -0.4 is 0 Å². The van der Waals surface area contributed by atoms with Crippen molar-refractivity contribution in [3.63, 3.8) is 0 Å². The van der Waals surface area contributed by atoms with Crippen LogP contribution >= 0.6 is 0 Å². The Morgan fingerprint density at radius 2 is 1.00 bits per heavy atom. The predicted molar refractivity (Wildman–Crippen MR) is 3.61 cm³/mol. The minimum absolute atomic E-state index is 0. The average molecular weight is 388 g/mol. The Labute approximate surface area is 106 Å². The van der Waals surface area contributed by atoms with Crippen molar-refractivity contribution >= 4 is 0 Å². The first-order valence-electron chi connectivity index (χ1n) is 0. The first-order valence-corrected chi connectivity index (χ1v) is 0. The van der Waals surface area contributed by atoms with Crippen LogP contribution in [0.2, 0.25) is 0 Å². The van der Waals surface area contributed by atoms with E-state index >= 15 is 0 Å². The molecule has 0 bridgehead atoms. The molecule has 0 fully saturated rings. The summed E-state index contributed by atoms with van der Waals surface area (Å²) in [5.74, 6) is 0. The molecule has 0 heterocycles. The van der Waals surface area contributed by atoms with E-state index < -0.39 is 0 Å². The standard InChI is InChI=1S/Ce.La.H2O.Zr/h;;1H2;. The Morgan fingerprint density at radius 1 is 1.00 bits per heavy atom. The molecule has 0 aliphatic carbocycles. The van der Waals surface area contributed by atoms with Gasteiger partial charge in [0.15, 0.2) is 0 Å². The van der Waals surface area contributed by atoms with Crippen LogP contribution in [0.15, 0.2) is 0 Å². The summed E-state index contributed by atoms with van der Waals surface area (Å²) in [4.78, 5) is 0. The third kappa shape index (κ3) is 9.05. The van der Waals surface area contributed by atoms with Crippen molar-refractivity contribution in [3.05, 3.63) is 0 Å². The van der Waals surface area contributed by atoms with Gasteiger partial charge in [-0.3, -0.25) is 0 Å². The van der Waals surface area contributed by atoms with Crippen molar-refractivity contribution in [2.45, 2.75) is 0 Å². The molecule has 0 saturated heterocycles. The van der Waals surface area contributed by atoms with Gasteiger partial charge < -0.3 is 5.48 Å². The molecule has 0 unspecified atom stereocenters. The summed E-state index contributed by atoms with van der Waals surface area (Å²) in [6.45, 7) is 0. The van der Waals surface area contributed by atoms with Crippen LogP contribution in [-0.2, 0) is 26.2 Å². The van der Waals surface area contributed by atoms with Gasteiger partial charge in [-0.05, 0) is 0 Å². The fraction of sp³-hybridized carbons (Fsp3) is 0. The van der Waals surface area contributed by atoms with Crippen LogP contribution in [0.5, 0.6) is 0 Å². The molecular weight excluding hydrogens is 386 g/mol. The topological polar surface area (TPSA) is 31.5 Å². The van der Waals surface area contributed by atoms with Gasteiger partial charge in [0.2, 0.25) is 0 Å². The van der Waals surface area contributed by atoms with E-state index in [0.717, 1.165) is 0 Å². The molecule has 0 aliphatic rings. The van der Waals surface area contributed by atoms with Crippen molar-refractivity contribution in [1.82, 2.24) is 0 Å². The molecule has 0 saturated carbocycles. The zero-order valence-corrected chi connectivity index (χ0v) is 11.3. The van der Waals surface area contributed by atoms with E-state index in [-0.39, 0.29) is 109 Å². The Balaban J connectivity index is 0. The second-order valence-electron chi connectivity index (χ2n) is 0. The summed E-state index contributed by atoms with van der Waals surface area (Å²) in [7, 11) is 0. The van der Waals surface area contributed by atoms with Gasteiger partial charge in [0.1, 0.15) is 0 Å². The van der Waals surface area contributed by atoms with Crippen LogP contribution in [0.1, 0.15) is 0 Å². The molecule has 0 spiro atoms. The molecule has 1 radical (unpaired) electrons. The molecule has 2 N–H and O–H groups in total. The molecule has 0 amide bonds. The second kappa shape index (κ2) is 16.1. The molecule has 0 aromatic carbocycles. The number of rotatable bonds is 0. The SMILES string of the molecule is O.[Ce].[La].[Zr]. The molecule has 0 aromatic heterocycles. The Kier molecular flexibility index (Phi) is 106. The summed E-state index contributed by atoms with van der Waals surface area (Å²) in [6, 6.07) is 0. The van der Waals surface area contributed by atoms with Gasteiger partial charge in [0.25, 0.3) is 0 Å². The summed E-state index contributed by atoms with van der Waals surface area (Å²) < 4.78 is 0. The zero-order valence-electron chi connectivity index (χ0n) is 2.08. The quantitative estimate of drug-likeness (QED) is 0.519. The molecule has 0 atom stereocenters. The van der Waals surface area contributed by atoms with Crippen LogP contribution in [0.25, 0.3) is 0 Å². The molecule has 4 heteroatoms. The maximum atomic E-state index is 0. The minimum atomic E-state index is 0. The normalized spacial score (nSPS) is 0. The van der Waals surface area contributed by atoms with Gasteiger partial charge in [-0.15, -0.1) is 0 Å². The summed E-state index contributed by atoms with van der Waals surface area (Å²) >= 11 is 0. The zero-order chi connectivity index (χ0) is 0. The van der Waals surface area contributed by atoms with Gasteiger partial charge in [-0.25, -0.2) is 0 Å². The van der Waals surface area contributed by atoms with E-state index in [1.54, 1.807) is 0 Å². The predicted octanol–water partition coefficient (Wildman–Crippen LogP) is -0.827. The fourth-order valence-corrected chi connectivity index (χ4v) is 0. The number of hydrogen-bond donors (Lipinski definition) is 0. The summed E-state index contributed by atoms with van der Waals surface area (Å²) in [6.07, 6.45) is 0. The van der Waals surface area contributed by atoms with Gasteiger partial charge >= 0.3 is 0 Å². The van der Waals surface area contributed by atoms with Gasteiger partial charge in [-0.2, -0.15) is 0 Å². The molecule has 19 valence electrons. The third-order valence-electron chi connectivity index (χ3n) is 0. The van der Waals surface area contributed by atoms with Gasteiger partial charge in [-0.1, -0.05) is 0 Å². The summed E-state index contributed by atoms with van der Waals surface area (Å²) in [5.41, 5.74) is 0. The van der Waals surface area contributed by atoms with E-state index in [1.165, 1.54) is 0 Å². The second-order valence-corrected chi connectivity index (χ2v) is 0. The third-order valence-corrected chi connectivity index (χ3v) is 0. The first-order chi connectivity index (χ1) is 0. The van der Waals surface area contributed by atoms with E-state index in [9.17, 15) is 0 Å². The van der Waals surface area contributed by atoms with E-state index in [2.05, 4.69) is 0 Å². The van der Waals surface area contributed by atoms with Crippen LogP contribution in [0, 0.1) is 77.3 Å². The fourth-order valence-electron chi connectivity index (χ4n) is 0. The van der Waals surface area contributed by atoms with Crippen molar-refractivity contribution in [2.24, 2.45) is 0 Å². The Morgan fingerprint density at radius 3 is 1.00 bits per heavy atom. The first kappa shape index (κ1) is 26.2. The Hall–Kier alpha value is 3.41. The average Bonchev–Trinajstić information content (AvgIpc) is 0. The van der Waals surface area contributed by atoms with Crippen molar-refractivity contribution in [1.29, 1.82) is 0 Å². The molecule has 0 rings (SSSR count). The Bertz CT molecular complexity index is 8.00. The van der Waals surface area contributed by atoms with E-state index in [1.807, 2.05) is 0 Å². The molecule has 4 heavy (non-hydrogen) atoms. The van der Waals surface area contributed by atoms with Crippen molar-refractivity contribution in [3.8, 4) is 0 Å². The molecule has 0 aromatic rings. The van der Waals surface area contributed by atoms with Gasteiger partial charge in [0.05, 0.1) is 0 Å². The maximum absolute atomic E-state index is 0. The molecule has 1 nitrogen and oxygen atoms in total. The van der Waals surface area contributed by atoms with E-state index in [4.69, 9.17) is 0 Å². The maximum Gasteiger partial charge on any atom is 0 e.